The standard InChI is InChI=1S/C17H27N3O/c1-14(18)17(21)20-11-7-6-10-16(20)13-19(2)12-15-8-4-3-5-9-15/h3-5,8-9,14,16H,6-7,10-13,18H2,1-2H3. The van der Waals surface area contributed by atoms with Crippen LogP contribution in [0.5, 0.6) is 0 Å². The van der Waals surface area contributed by atoms with Gasteiger partial charge in [-0.1, -0.05) is 30.3 Å². The van der Waals surface area contributed by atoms with Gasteiger partial charge in [-0.15, -0.1) is 0 Å². The lowest BCUT2D eigenvalue weighted by Gasteiger charge is -2.38. The van der Waals surface area contributed by atoms with Crippen LogP contribution in [0.15, 0.2) is 30.3 Å². The van der Waals surface area contributed by atoms with Crippen LogP contribution in [0.2, 0.25) is 0 Å². The SMILES string of the molecule is CC(N)C(=O)N1CCCCC1CN(C)Cc1ccccc1. The summed E-state index contributed by atoms with van der Waals surface area (Å²) in [5.74, 6) is 0.0906. The molecule has 1 fully saturated rings. The number of likely N-dealkylation sites (N-methyl/N-ethyl adjacent to an activating group) is 1. The predicted molar refractivity (Wildman–Crippen MR) is 85.8 cm³/mol. The largest absolute Gasteiger partial charge is 0.337 e. The molecule has 4 heteroatoms. The lowest BCUT2D eigenvalue weighted by molar-refractivity contribution is -0.136. The number of piperidine rings is 1. The highest BCUT2D eigenvalue weighted by atomic mass is 16.2. The first-order chi connectivity index (χ1) is 10.1. The van der Waals surface area contributed by atoms with E-state index < -0.39 is 6.04 Å². The molecular formula is C17H27N3O. The van der Waals surface area contributed by atoms with Crippen molar-refractivity contribution in [2.75, 3.05) is 20.1 Å². The van der Waals surface area contributed by atoms with Gasteiger partial charge in [0.15, 0.2) is 0 Å². The molecule has 1 aromatic carbocycles. The van der Waals surface area contributed by atoms with Gasteiger partial charge in [0, 0.05) is 25.7 Å². The van der Waals surface area contributed by atoms with Crippen molar-refractivity contribution >= 4 is 5.91 Å². The summed E-state index contributed by atoms with van der Waals surface area (Å²) in [7, 11) is 2.12. The highest BCUT2D eigenvalue weighted by Gasteiger charge is 2.28. The molecular weight excluding hydrogens is 262 g/mol. The normalized spacial score (nSPS) is 20.6. The van der Waals surface area contributed by atoms with Gasteiger partial charge in [0.2, 0.25) is 5.91 Å². The lowest BCUT2D eigenvalue weighted by atomic mass is 10.0. The molecule has 1 saturated heterocycles. The molecule has 21 heavy (non-hydrogen) atoms. The van der Waals surface area contributed by atoms with Gasteiger partial charge in [0.1, 0.15) is 0 Å². The van der Waals surface area contributed by atoms with Gasteiger partial charge in [-0.2, -0.15) is 0 Å². The second-order valence-electron chi connectivity index (χ2n) is 6.15. The van der Waals surface area contributed by atoms with Crippen LogP contribution in [0.1, 0.15) is 31.7 Å². The number of nitrogens with two attached hydrogens (primary N) is 1. The summed E-state index contributed by atoms with van der Waals surface area (Å²) in [6.45, 7) is 4.46. The fourth-order valence-corrected chi connectivity index (χ4v) is 3.06. The van der Waals surface area contributed by atoms with Crippen LogP contribution in [0.4, 0.5) is 0 Å². The smallest absolute Gasteiger partial charge is 0.239 e. The van der Waals surface area contributed by atoms with E-state index in [9.17, 15) is 4.79 Å². The van der Waals surface area contributed by atoms with Crippen molar-refractivity contribution in [3.63, 3.8) is 0 Å². The van der Waals surface area contributed by atoms with Crippen LogP contribution < -0.4 is 5.73 Å². The molecule has 2 N–H and O–H groups in total. The maximum Gasteiger partial charge on any atom is 0.239 e. The molecule has 4 nitrogen and oxygen atoms in total. The monoisotopic (exact) mass is 289 g/mol. The summed E-state index contributed by atoms with van der Waals surface area (Å²) in [5, 5.41) is 0. The van der Waals surface area contributed by atoms with Crippen LogP contribution in [-0.2, 0) is 11.3 Å². The Hall–Kier alpha value is -1.39. The van der Waals surface area contributed by atoms with Crippen molar-refractivity contribution in [3.05, 3.63) is 35.9 Å². The van der Waals surface area contributed by atoms with Gasteiger partial charge in [-0.25, -0.2) is 0 Å². The number of likely N-dealkylation sites (tertiary alicyclic amines) is 1. The molecule has 1 aromatic rings. The zero-order valence-electron chi connectivity index (χ0n) is 13.2. The van der Waals surface area contributed by atoms with E-state index >= 15 is 0 Å². The van der Waals surface area contributed by atoms with Crippen LogP contribution in [0, 0.1) is 0 Å². The topological polar surface area (TPSA) is 49.6 Å². The number of nitrogens with zero attached hydrogens (tertiary/aromatic N) is 2. The maximum atomic E-state index is 12.2. The third-order valence-electron chi connectivity index (χ3n) is 4.12. The molecule has 1 aliphatic rings. The van der Waals surface area contributed by atoms with E-state index in [2.05, 4.69) is 36.2 Å². The molecule has 2 rings (SSSR count). The number of amides is 1. The quantitative estimate of drug-likeness (QED) is 0.900. The summed E-state index contributed by atoms with van der Waals surface area (Å²) in [4.78, 5) is 16.5. The van der Waals surface area contributed by atoms with E-state index in [1.165, 1.54) is 12.0 Å². The zero-order valence-corrected chi connectivity index (χ0v) is 13.2. The average Bonchev–Trinajstić information content (AvgIpc) is 2.48. The third-order valence-corrected chi connectivity index (χ3v) is 4.12. The van der Waals surface area contributed by atoms with E-state index in [0.29, 0.717) is 6.04 Å². The molecule has 0 bridgehead atoms. The molecule has 0 spiro atoms. The lowest BCUT2D eigenvalue weighted by Crippen LogP contribution is -2.53. The highest BCUT2D eigenvalue weighted by molar-refractivity contribution is 5.81. The zero-order chi connectivity index (χ0) is 15.2. The molecule has 0 radical (unpaired) electrons. The Labute approximate surface area is 127 Å². The molecule has 0 aliphatic carbocycles. The van der Waals surface area contributed by atoms with Crippen molar-refractivity contribution in [1.82, 2.24) is 9.80 Å². The summed E-state index contributed by atoms with van der Waals surface area (Å²) in [6, 6.07) is 10.3. The van der Waals surface area contributed by atoms with Crippen LogP contribution >= 0.6 is 0 Å². The Balaban J connectivity index is 1.94. The minimum atomic E-state index is -0.398. The van der Waals surface area contributed by atoms with Crippen molar-refractivity contribution in [2.24, 2.45) is 5.73 Å². The van der Waals surface area contributed by atoms with Crippen molar-refractivity contribution in [2.45, 2.75) is 44.8 Å². The van der Waals surface area contributed by atoms with E-state index in [1.807, 2.05) is 11.0 Å². The number of hydrogen-bond acceptors (Lipinski definition) is 3. The Bertz CT molecular complexity index is 447. The number of hydrogen-bond donors (Lipinski definition) is 1. The second-order valence-corrected chi connectivity index (χ2v) is 6.15. The fourth-order valence-electron chi connectivity index (χ4n) is 3.06. The number of carbonyl (C=O) groups is 1. The molecule has 1 heterocycles. The van der Waals surface area contributed by atoms with Gasteiger partial charge in [0.05, 0.1) is 6.04 Å². The maximum absolute atomic E-state index is 12.2. The molecule has 1 aliphatic heterocycles. The van der Waals surface area contributed by atoms with Gasteiger partial charge in [-0.05, 0) is 38.8 Å². The number of benzene rings is 1. The Kier molecular flexibility index (Phi) is 5.76. The highest BCUT2D eigenvalue weighted by Crippen LogP contribution is 2.19. The predicted octanol–water partition coefficient (Wildman–Crippen LogP) is 1.85. The van der Waals surface area contributed by atoms with E-state index in [0.717, 1.165) is 32.5 Å². The van der Waals surface area contributed by atoms with E-state index in [1.54, 1.807) is 6.92 Å². The second kappa shape index (κ2) is 7.57. The molecule has 2 unspecified atom stereocenters. The molecule has 0 aromatic heterocycles. The van der Waals surface area contributed by atoms with Crippen LogP contribution in [-0.4, -0.2) is 47.9 Å². The molecule has 0 saturated carbocycles. The van der Waals surface area contributed by atoms with Gasteiger partial charge in [-0.3, -0.25) is 4.79 Å². The van der Waals surface area contributed by atoms with E-state index in [-0.39, 0.29) is 5.91 Å². The van der Waals surface area contributed by atoms with Crippen LogP contribution in [0.25, 0.3) is 0 Å². The summed E-state index contributed by atoms with van der Waals surface area (Å²) in [5.41, 5.74) is 7.08. The van der Waals surface area contributed by atoms with Crippen LogP contribution in [0.3, 0.4) is 0 Å². The first kappa shape index (κ1) is 16.0. The average molecular weight is 289 g/mol. The summed E-state index contributed by atoms with van der Waals surface area (Å²) in [6.07, 6.45) is 3.38. The Morgan fingerprint density at radius 3 is 2.76 bits per heavy atom. The first-order valence-corrected chi connectivity index (χ1v) is 7.86. The third kappa shape index (κ3) is 4.55. The van der Waals surface area contributed by atoms with Gasteiger partial charge in [0.25, 0.3) is 0 Å². The summed E-state index contributed by atoms with van der Waals surface area (Å²) >= 11 is 0. The molecule has 2 atom stereocenters. The number of rotatable bonds is 5. The van der Waals surface area contributed by atoms with Crippen molar-refractivity contribution < 1.29 is 4.79 Å². The number of carbonyl (C=O) groups excluding carboxylic acids is 1. The molecule has 1 amide bonds. The van der Waals surface area contributed by atoms with Gasteiger partial charge < -0.3 is 15.5 Å². The van der Waals surface area contributed by atoms with Crippen molar-refractivity contribution in [1.29, 1.82) is 0 Å². The minimum absolute atomic E-state index is 0.0906. The Morgan fingerprint density at radius 1 is 1.38 bits per heavy atom. The first-order valence-electron chi connectivity index (χ1n) is 7.86. The van der Waals surface area contributed by atoms with E-state index in [4.69, 9.17) is 5.73 Å². The fraction of sp³-hybridized carbons (Fsp3) is 0.588. The van der Waals surface area contributed by atoms with Crippen molar-refractivity contribution in [3.8, 4) is 0 Å². The Morgan fingerprint density at radius 2 is 2.10 bits per heavy atom. The molecule has 116 valence electrons. The minimum Gasteiger partial charge on any atom is -0.337 e. The summed E-state index contributed by atoms with van der Waals surface area (Å²) < 4.78 is 0. The van der Waals surface area contributed by atoms with Gasteiger partial charge >= 0.3 is 0 Å².